The molecule has 0 bridgehead atoms. The molecule has 3 rings (SSSR count). The molecule has 74 valence electrons. The number of rotatable bonds is 1. The number of fused-ring (bicyclic) bond motifs is 1. The highest BCUT2D eigenvalue weighted by Gasteiger charge is 2.38. The Kier molecular flexibility index (Phi) is 1.60. The molecule has 15 heavy (non-hydrogen) atoms. The van der Waals surface area contributed by atoms with Crippen LogP contribution >= 0.6 is 0 Å². The summed E-state index contributed by atoms with van der Waals surface area (Å²) in [6, 6.07) is 8.60. The molecule has 0 radical (unpaired) electrons. The summed E-state index contributed by atoms with van der Waals surface area (Å²) in [5.74, 6) is 0. The molecule has 1 aromatic heterocycles. The first-order valence-electron chi connectivity index (χ1n) is 5.19. The Morgan fingerprint density at radius 2 is 2.27 bits per heavy atom. The SMILES string of the molecule is N#CC1(c2ccc3cn[nH]c3c2)CCC1. The molecule has 1 saturated carbocycles. The van der Waals surface area contributed by atoms with Crippen molar-refractivity contribution < 1.29 is 0 Å². The van der Waals surface area contributed by atoms with Crippen LogP contribution in [0.25, 0.3) is 10.9 Å². The van der Waals surface area contributed by atoms with Gasteiger partial charge in [0.1, 0.15) is 0 Å². The Labute approximate surface area is 87.7 Å². The predicted octanol–water partition coefficient (Wildman–Crippen LogP) is 2.51. The highest BCUT2D eigenvalue weighted by Crippen LogP contribution is 2.43. The van der Waals surface area contributed by atoms with E-state index in [0.717, 1.165) is 35.7 Å². The fraction of sp³-hybridized carbons (Fsp3) is 0.333. The van der Waals surface area contributed by atoms with Gasteiger partial charge in [0, 0.05) is 5.39 Å². The van der Waals surface area contributed by atoms with E-state index in [4.69, 9.17) is 0 Å². The molecule has 0 amide bonds. The third kappa shape index (κ3) is 1.08. The molecule has 1 aromatic carbocycles. The normalized spacial score (nSPS) is 18.3. The molecular weight excluding hydrogens is 186 g/mol. The summed E-state index contributed by atoms with van der Waals surface area (Å²) in [4.78, 5) is 0. The van der Waals surface area contributed by atoms with Crippen molar-refractivity contribution in [1.82, 2.24) is 10.2 Å². The monoisotopic (exact) mass is 197 g/mol. The minimum Gasteiger partial charge on any atom is -0.278 e. The van der Waals surface area contributed by atoms with Crippen LogP contribution in [-0.4, -0.2) is 10.2 Å². The van der Waals surface area contributed by atoms with Crippen LogP contribution in [0.4, 0.5) is 0 Å². The first-order chi connectivity index (χ1) is 7.34. The average molecular weight is 197 g/mol. The Balaban J connectivity index is 2.15. The number of benzene rings is 1. The van der Waals surface area contributed by atoms with Crippen molar-refractivity contribution in [2.75, 3.05) is 0 Å². The molecule has 1 aliphatic rings. The van der Waals surface area contributed by atoms with Crippen LogP contribution in [0.1, 0.15) is 24.8 Å². The molecule has 0 spiro atoms. The highest BCUT2D eigenvalue weighted by atomic mass is 15.1. The van der Waals surface area contributed by atoms with Crippen molar-refractivity contribution in [1.29, 1.82) is 5.26 Å². The van der Waals surface area contributed by atoms with Gasteiger partial charge in [0.25, 0.3) is 0 Å². The van der Waals surface area contributed by atoms with Crippen LogP contribution in [-0.2, 0) is 5.41 Å². The van der Waals surface area contributed by atoms with E-state index >= 15 is 0 Å². The van der Waals surface area contributed by atoms with Gasteiger partial charge in [-0.25, -0.2) is 0 Å². The number of aromatic nitrogens is 2. The second-order valence-corrected chi connectivity index (χ2v) is 4.22. The van der Waals surface area contributed by atoms with E-state index in [1.807, 2.05) is 6.07 Å². The molecule has 0 unspecified atom stereocenters. The predicted molar refractivity (Wildman–Crippen MR) is 57.2 cm³/mol. The van der Waals surface area contributed by atoms with Crippen LogP contribution in [0.2, 0.25) is 0 Å². The number of aromatic amines is 1. The zero-order chi connectivity index (χ0) is 10.3. The van der Waals surface area contributed by atoms with E-state index in [-0.39, 0.29) is 5.41 Å². The lowest BCUT2D eigenvalue weighted by atomic mass is 9.65. The number of nitrogens with one attached hydrogen (secondary N) is 1. The third-order valence-electron chi connectivity index (χ3n) is 3.42. The summed E-state index contributed by atoms with van der Waals surface area (Å²) in [5.41, 5.74) is 1.93. The molecule has 1 heterocycles. The van der Waals surface area contributed by atoms with Crippen LogP contribution in [0, 0.1) is 11.3 Å². The number of H-pyrrole nitrogens is 1. The molecule has 1 aliphatic carbocycles. The van der Waals surface area contributed by atoms with Crippen LogP contribution in [0.15, 0.2) is 24.4 Å². The van der Waals surface area contributed by atoms with Gasteiger partial charge in [-0.15, -0.1) is 0 Å². The van der Waals surface area contributed by atoms with Crippen molar-refractivity contribution >= 4 is 10.9 Å². The maximum absolute atomic E-state index is 9.24. The zero-order valence-corrected chi connectivity index (χ0v) is 8.33. The number of nitriles is 1. The van der Waals surface area contributed by atoms with E-state index in [1.165, 1.54) is 0 Å². The summed E-state index contributed by atoms with van der Waals surface area (Å²) >= 11 is 0. The first-order valence-corrected chi connectivity index (χ1v) is 5.19. The van der Waals surface area contributed by atoms with E-state index in [1.54, 1.807) is 6.20 Å². The molecule has 1 fully saturated rings. The fourth-order valence-corrected chi connectivity index (χ4v) is 2.23. The van der Waals surface area contributed by atoms with Crippen molar-refractivity contribution in [2.45, 2.75) is 24.7 Å². The summed E-state index contributed by atoms with van der Waals surface area (Å²) < 4.78 is 0. The summed E-state index contributed by atoms with van der Waals surface area (Å²) in [5, 5.41) is 17.3. The summed E-state index contributed by atoms with van der Waals surface area (Å²) in [6.45, 7) is 0. The Morgan fingerprint density at radius 3 is 2.93 bits per heavy atom. The molecule has 0 aliphatic heterocycles. The molecular formula is C12H11N3. The van der Waals surface area contributed by atoms with Gasteiger partial charge < -0.3 is 0 Å². The largest absolute Gasteiger partial charge is 0.278 e. The molecule has 2 aromatic rings. The molecule has 0 saturated heterocycles. The van der Waals surface area contributed by atoms with Gasteiger partial charge in [-0.1, -0.05) is 12.1 Å². The maximum atomic E-state index is 9.24. The Bertz CT molecular complexity index is 543. The van der Waals surface area contributed by atoms with E-state index < -0.39 is 0 Å². The second-order valence-electron chi connectivity index (χ2n) is 4.22. The van der Waals surface area contributed by atoms with Crippen molar-refractivity contribution in [3.8, 4) is 6.07 Å². The van der Waals surface area contributed by atoms with Gasteiger partial charge in [-0.05, 0) is 30.9 Å². The van der Waals surface area contributed by atoms with Crippen molar-refractivity contribution in [2.24, 2.45) is 0 Å². The lowest BCUT2D eigenvalue weighted by molar-refractivity contribution is 0.324. The van der Waals surface area contributed by atoms with Gasteiger partial charge in [0.2, 0.25) is 0 Å². The lowest BCUT2D eigenvalue weighted by Gasteiger charge is -2.35. The van der Waals surface area contributed by atoms with E-state index in [2.05, 4.69) is 28.4 Å². The summed E-state index contributed by atoms with van der Waals surface area (Å²) in [6.07, 6.45) is 4.94. The first kappa shape index (κ1) is 8.49. The standard InChI is InChI=1S/C12H11N3/c13-8-12(4-1-5-12)10-3-2-9-7-14-15-11(9)6-10/h2-3,6-7H,1,4-5H2,(H,14,15). The smallest absolute Gasteiger partial charge is 0.0823 e. The number of hydrogen-bond acceptors (Lipinski definition) is 2. The molecule has 1 N–H and O–H groups in total. The average Bonchev–Trinajstić information content (AvgIpc) is 2.64. The van der Waals surface area contributed by atoms with Crippen LogP contribution in [0.5, 0.6) is 0 Å². The highest BCUT2D eigenvalue weighted by molar-refractivity contribution is 5.79. The fourth-order valence-electron chi connectivity index (χ4n) is 2.23. The topological polar surface area (TPSA) is 52.5 Å². The maximum Gasteiger partial charge on any atom is 0.0823 e. The van der Waals surface area contributed by atoms with Gasteiger partial charge in [-0.3, -0.25) is 5.10 Å². The zero-order valence-electron chi connectivity index (χ0n) is 8.33. The van der Waals surface area contributed by atoms with Gasteiger partial charge in [0.15, 0.2) is 0 Å². The number of hydrogen-bond donors (Lipinski definition) is 1. The quantitative estimate of drug-likeness (QED) is 0.763. The van der Waals surface area contributed by atoms with Crippen molar-refractivity contribution in [3.05, 3.63) is 30.0 Å². The minimum atomic E-state index is -0.223. The van der Waals surface area contributed by atoms with Crippen molar-refractivity contribution in [3.63, 3.8) is 0 Å². The van der Waals surface area contributed by atoms with E-state index in [0.29, 0.717) is 0 Å². The van der Waals surface area contributed by atoms with Gasteiger partial charge in [0.05, 0.1) is 23.2 Å². The van der Waals surface area contributed by atoms with Gasteiger partial charge in [-0.2, -0.15) is 10.4 Å². The lowest BCUT2D eigenvalue weighted by Crippen LogP contribution is -2.32. The van der Waals surface area contributed by atoms with E-state index in [9.17, 15) is 5.26 Å². The second kappa shape index (κ2) is 2.83. The molecule has 0 atom stereocenters. The molecule has 3 nitrogen and oxygen atoms in total. The Hall–Kier alpha value is -1.82. The Morgan fingerprint density at radius 1 is 1.40 bits per heavy atom. The third-order valence-corrected chi connectivity index (χ3v) is 3.42. The number of nitrogens with zero attached hydrogens (tertiary/aromatic N) is 2. The summed E-state index contributed by atoms with van der Waals surface area (Å²) in [7, 11) is 0. The van der Waals surface area contributed by atoms with Gasteiger partial charge >= 0.3 is 0 Å². The van der Waals surface area contributed by atoms with Crippen LogP contribution < -0.4 is 0 Å². The van der Waals surface area contributed by atoms with Crippen LogP contribution in [0.3, 0.4) is 0 Å². The minimum absolute atomic E-state index is 0.223. The molecule has 3 heteroatoms.